The first kappa shape index (κ1) is 9.37. The number of halogens is 1. The maximum absolute atomic E-state index is 11.9. The van der Waals surface area contributed by atoms with E-state index in [2.05, 4.69) is 5.32 Å². The van der Waals surface area contributed by atoms with Crippen LogP contribution in [0.4, 0.5) is 0 Å². The van der Waals surface area contributed by atoms with E-state index in [4.69, 9.17) is 4.11 Å². The van der Waals surface area contributed by atoms with Gasteiger partial charge in [0.2, 0.25) is 0 Å². The van der Waals surface area contributed by atoms with E-state index < -0.39 is 13.0 Å². The molecule has 2 nitrogen and oxygen atoms in total. The molecule has 15 heavy (non-hydrogen) atoms. The van der Waals surface area contributed by atoms with Crippen molar-refractivity contribution in [3.05, 3.63) is 35.4 Å². The molecule has 1 unspecified atom stereocenters. The van der Waals surface area contributed by atoms with Crippen LogP contribution in [0.1, 0.15) is 33.9 Å². The van der Waals surface area contributed by atoms with Crippen LogP contribution in [-0.4, -0.2) is 18.8 Å². The minimum atomic E-state index is -2.29. The highest BCUT2D eigenvalue weighted by atomic mass is 35.5. The number of Topliss-reactive ketones (excluding diaryl/α,β-unsaturated/α-hetero) is 1. The highest BCUT2D eigenvalue weighted by Gasteiger charge is 2.12. The molecular weight excluding hydrogens is 210 g/mol. The average molecular weight is 231 g/mol. The van der Waals surface area contributed by atoms with Crippen molar-refractivity contribution >= 4 is 18.2 Å². The summed E-state index contributed by atoms with van der Waals surface area (Å²) in [6, 6.07) is 6.53. The van der Waals surface area contributed by atoms with Crippen molar-refractivity contribution in [1.29, 1.82) is 0 Å². The van der Waals surface area contributed by atoms with Crippen LogP contribution in [0, 0.1) is 0 Å². The number of likely N-dealkylation sites (N-methyl/N-ethyl adjacent to an activating group) is 1. The second-order valence-corrected chi connectivity index (χ2v) is 3.28. The zero-order chi connectivity index (χ0) is 13.1. The topological polar surface area (TPSA) is 29.1 Å². The van der Waals surface area contributed by atoms with E-state index in [1.54, 1.807) is 19.1 Å². The number of aryl methyl sites for hydroxylation is 1. The third-order valence-corrected chi connectivity index (χ3v) is 2.26. The standard InChI is InChI=1S/C12H17NO.ClH/c1-4-10-5-7-11(8-6-10)12(14)9(2)13-3;/h5-9,13H,4H2,1-3H3;1H/i3D3;. The maximum atomic E-state index is 11.9. The van der Waals surface area contributed by atoms with Gasteiger partial charge in [0.1, 0.15) is 0 Å². The number of hydrogen-bond donors (Lipinski definition) is 1. The van der Waals surface area contributed by atoms with Crippen LogP contribution >= 0.6 is 12.4 Å². The summed E-state index contributed by atoms with van der Waals surface area (Å²) in [7, 11) is 0. The molecule has 0 fully saturated rings. The average Bonchev–Trinajstić information content (AvgIpc) is 2.26. The van der Waals surface area contributed by atoms with Gasteiger partial charge in [-0.05, 0) is 25.9 Å². The van der Waals surface area contributed by atoms with E-state index in [9.17, 15) is 4.79 Å². The Balaban J connectivity index is 0.00000289. The van der Waals surface area contributed by atoms with E-state index in [1.165, 1.54) is 0 Å². The molecule has 1 atom stereocenters. The zero-order valence-corrected chi connectivity index (χ0v) is 9.73. The van der Waals surface area contributed by atoms with Gasteiger partial charge in [-0.1, -0.05) is 31.2 Å². The fourth-order valence-electron chi connectivity index (χ4n) is 1.22. The molecule has 0 aliphatic heterocycles. The van der Waals surface area contributed by atoms with Gasteiger partial charge in [-0.2, -0.15) is 0 Å². The predicted octanol–water partition coefficient (Wildman–Crippen LogP) is 2.46. The Hall–Kier alpha value is -0.860. The van der Waals surface area contributed by atoms with Crippen molar-refractivity contribution in [2.75, 3.05) is 6.98 Å². The summed E-state index contributed by atoms with van der Waals surface area (Å²) >= 11 is 0. The van der Waals surface area contributed by atoms with E-state index in [0.29, 0.717) is 5.56 Å². The van der Waals surface area contributed by atoms with Crippen LogP contribution in [0.3, 0.4) is 0 Å². The minimum Gasteiger partial charge on any atom is -0.310 e. The van der Waals surface area contributed by atoms with E-state index in [0.717, 1.165) is 12.0 Å². The Labute approximate surface area is 102 Å². The molecule has 0 bridgehead atoms. The SMILES string of the molecule is Cl.[2H]C([2H])([2H])NC(C)C(=O)c1ccc(CC)cc1. The number of nitrogens with one attached hydrogen (secondary N) is 1. The summed E-state index contributed by atoms with van der Waals surface area (Å²) in [5, 5.41) is 2.30. The molecule has 0 aliphatic carbocycles. The summed E-state index contributed by atoms with van der Waals surface area (Å²) in [5.74, 6) is -0.205. The summed E-state index contributed by atoms with van der Waals surface area (Å²) < 4.78 is 21.2. The molecule has 0 heterocycles. The lowest BCUT2D eigenvalue weighted by Gasteiger charge is -2.08. The summed E-state index contributed by atoms with van der Waals surface area (Å²) in [5.41, 5.74) is 1.68. The molecule has 1 aromatic rings. The molecule has 0 amide bonds. The Morgan fingerprint density at radius 1 is 1.47 bits per heavy atom. The van der Waals surface area contributed by atoms with Gasteiger partial charge in [-0.3, -0.25) is 4.79 Å². The monoisotopic (exact) mass is 230 g/mol. The third kappa shape index (κ3) is 3.65. The second-order valence-electron chi connectivity index (χ2n) is 3.28. The third-order valence-electron chi connectivity index (χ3n) is 2.26. The van der Waals surface area contributed by atoms with Gasteiger partial charge in [-0.25, -0.2) is 0 Å². The molecule has 0 aromatic heterocycles. The zero-order valence-electron chi connectivity index (χ0n) is 11.9. The molecule has 0 saturated heterocycles. The lowest BCUT2D eigenvalue weighted by atomic mass is 10.0. The van der Waals surface area contributed by atoms with Gasteiger partial charge in [0.15, 0.2) is 5.78 Å². The lowest BCUT2D eigenvalue weighted by Crippen LogP contribution is -2.30. The molecule has 1 rings (SSSR count). The highest BCUT2D eigenvalue weighted by Crippen LogP contribution is 2.07. The number of benzene rings is 1. The molecule has 1 aromatic carbocycles. The van der Waals surface area contributed by atoms with Gasteiger partial charge in [0.25, 0.3) is 0 Å². The first-order valence-corrected chi connectivity index (χ1v) is 4.74. The number of carbonyl (C=O) groups excluding carboxylic acids is 1. The van der Waals surface area contributed by atoms with Gasteiger partial charge < -0.3 is 5.32 Å². The predicted molar refractivity (Wildman–Crippen MR) is 65.9 cm³/mol. The molecule has 84 valence electrons. The minimum absolute atomic E-state index is 0. The van der Waals surface area contributed by atoms with Crippen LogP contribution in [0.5, 0.6) is 0 Å². The van der Waals surface area contributed by atoms with Crippen LogP contribution in [0.25, 0.3) is 0 Å². The molecule has 0 spiro atoms. The van der Waals surface area contributed by atoms with Crippen molar-refractivity contribution in [3.8, 4) is 0 Å². The first-order valence-electron chi connectivity index (χ1n) is 6.24. The van der Waals surface area contributed by atoms with Crippen LogP contribution in [0.15, 0.2) is 24.3 Å². The van der Waals surface area contributed by atoms with E-state index in [-0.39, 0.29) is 18.2 Å². The largest absolute Gasteiger partial charge is 0.310 e. The lowest BCUT2D eigenvalue weighted by molar-refractivity contribution is 0.0955. The molecule has 0 radical (unpaired) electrons. The van der Waals surface area contributed by atoms with Gasteiger partial charge in [0, 0.05) is 9.68 Å². The van der Waals surface area contributed by atoms with Crippen molar-refractivity contribution in [3.63, 3.8) is 0 Å². The number of carbonyl (C=O) groups is 1. The van der Waals surface area contributed by atoms with Gasteiger partial charge >= 0.3 is 0 Å². The normalized spacial score (nSPS) is 15.5. The van der Waals surface area contributed by atoms with Crippen LogP contribution in [0.2, 0.25) is 0 Å². The van der Waals surface area contributed by atoms with Crippen molar-refractivity contribution in [1.82, 2.24) is 5.32 Å². The molecule has 1 N–H and O–H groups in total. The Kier molecular flexibility index (Phi) is 4.12. The Morgan fingerprint density at radius 3 is 2.53 bits per heavy atom. The van der Waals surface area contributed by atoms with E-state index in [1.807, 2.05) is 19.1 Å². The summed E-state index contributed by atoms with van der Waals surface area (Å²) in [6.07, 6.45) is 0.914. The highest BCUT2D eigenvalue weighted by molar-refractivity contribution is 5.99. The fourth-order valence-corrected chi connectivity index (χ4v) is 1.22. The fraction of sp³-hybridized carbons (Fsp3) is 0.417. The Bertz CT molecular complexity index is 389. The van der Waals surface area contributed by atoms with Crippen molar-refractivity contribution in [2.24, 2.45) is 0 Å². The Morgan fingerprint density at radius 2 is 2.07 bits per heavy atom. The molecule has 0 aliphatic rings. The summed E-state index contributed by atoms with van der Waals surface area (Å²) in [6.45, 7) is 1.30. The van der Waals surface area contributed by atoms with Crippen molar-refractivity contribution < 1.29 is 8.91 Å². The van der Waals surface area contributed by atoms with Gasteiger partial charge in [0.05, 0.1) is 6.04 Å². The quantitative estimate of drug-likeness (QED) is 0.806. The molecule has 0 saturated carbocycles. The number of hydrogen-bond acceptors (Lipinski definition) is 2. The molecule has 3 heteroatoms. The molecular formula is C12H18ClNO. The first-order chi connectivity index (χ1) is 7.83. The number of rotatable bonds is 4. The summed E-state index contributed by atoms with van der Waals surface area (Å²) in [4.78, 5) is 11.9. The van der Waals surface area contributed by atoms with Gasteiger partial charge in [-0.15, -0.1) is 12.4 Å². The van der Waals surface area contributed by atoms with Crippen LogP contribution in [-0.2, 0) is 6.42 Å². The maximum Gasteiger partial charge on any atom is 0.179 e. The van der Waals surface area contributed by atoms with Crippen LogP contribution < -0.4 is 5.32 Å². The smallest absolute Gasteiger partial charge is 0.179 e. The number of ketones is 1. The van der Waals surface area contributed by atoms with Crippen molar-refractivity contribution in [2.45, 2.75) is 26.3 Å². The van der Waals surface area contributed by atoms with E-state index >= 15 is 0 Å². The second kappa shape index (κ2) is 6.59.